The van der Waals surface area contributed by atoms with E-state index in [0.717, 1.165) is 0 Å². The first-order valence-corrected chi connectivity index (χ1v) is 4.33. The Kier molecular flexibility index (Phi) is 23.7. The topological polar surface area (TPSA) is 113 Å². The summed E-state index contributed by atoms with van der Waals surface area (Å²) in [4.78, 5) is 19.0. The minimum absolute atomic E-state index is 0.470. The smallest absolute Gasteiger partial charge is 0.0647 e. The van der Waals surface area contributed by atoms with Gasteiger partial charge in [-0.05, 0) is 12.8 Å². The van der Waals surface area contributed by atoms with Crippen LogP contribution in [0.1, 0.15) is 12.8 Å². The van der Waals surface area contributed by atoms with E-state index in [1.54, 1.807) is 0 Å². The number of carboxylic acids is 2. The fourth-order valence-electron chi connectivity index (χ4n) is 0.204. The maximum absolute atomic E-state index is 9.50. The van der Waals surface area contributed by atoms with E-state index in [1.807, 2.05) is 38.8 Å². The summed E-state index contributed by atoms with van der Waals surface area (Å²) in [5.74, 6) is -2.73. The average Bonchev–Trinajstić information content (AvgIpc) is 2.04. The SMILES string of the molecule is C[NH2+]C.C[NH2+]C.O=C([O-])CCC(=O)[O-]. The highest BCUT2D eigenvalue weighted by atomic mass is 16.4. The number of nitrogens with two attached hydrogens (primary N) is 2. The summed E-state index contributed by atoms with van der Waals surface area (Å²) in [6.45, 7) is 0. The Morgan fingerprint density at radius 2 is 1.00 bits per heavy atom. The third kappa shape index (κ3) is 70.9. The molecule has 0 aliphatic heterocycles. The molecule has 14 heavy (non-hydrogen) atoms. The van der Waals surface area contributed by atoms with Crippen LogP contribution in [0.15, 0.2) is 0 Å². The van der Waals surface area contributed by atoms with Crippen LogP contribution in [0.25, 0.3) is 0 Å². The summed E-state index contributed by atoms with van der Waals surface area (Å²) in [6.07, 6.45) is -0.940. The van der Waals surface area contributed by atoms with E-state index in [1.165, 1.54) is 0 Å². The summed E-state index contributed by atoms with van der Waals surface area (Å²) in [5.41, 5.74) is 0. The largest absolute Gasteiger partial charge is 0.550 e. The van der Waals surface area contributed by atoms with Crippen LogP contribution in [-0.2, 0) is 9.59 Å². The number of aliphatic carboxylic acids is 2. The molecule has 0 heterocycles. The average molecular weight is 208 g/mol. The van der Waals surface area contributed by atoms with Crippen LogP contribution in [0, 0.1) is 0 Å². The molecule has 0 aromatic heterocycles. The van der Waals surface area contributed by atoms with Gasteiger partial charge in [-0.2, -0.15) is 0 Å². The predicted molar refractivity (Wildman–Crippen MR) is 46.8 cm³/mol. The summed E-state index contributed by atoms with van der Waals surface area (Å²) >= 11 is 0. The van der Waals surface area contributed by atoms with Crippen molar-refractivity contribution in [3.05, 3.63) is 0 Å². The van der Waals surface area contributed by atoms with Gasteiger partial charge in [-0.25, -0.2) is 0 Å². The molecule has 0 saturated heterocycles. The molecule has 0 aliphatic rings. The van der Waals surface area contributed by atoms with Crippen LogP contribution in [-0.4, -0.2) is 40.1 Å². The number of quaternary nitrogens is 2. The molecule has 0 aromatic rings. The van der Waals surface area contributed by atoms with Gasteiger partial charge >= 0.3 is 0 Å². The standard InChI is InChI=1S/C4H6O4.2C2H7N/c5-3(6)1-2-4(7)8;2*1-3-2/h1-2H2,(H,5,6)(H,7,8);2*3H,1-2H3. The number of hydrogen-bond donors (Lipinski definition) is 2. The fourth-order valence-corrected chi connectivity index (χ4v) is 0.204. The first kappa shape index (κ1) is 18.6. The lowest BCUT2D eigenvalue weighted by Crippen LogP contribution is -2.74. The monoisotopic (exact) mass is 208 g/mol. The van der Waals surface area contributed by atoms with Gasteiger partial charge in [0, 0.05) is 11.9 Å². The van der Waals surface area contributed by atoms with E-state index in [2.05, 4.69) is 0 Å². The molecule has 0 rings (SSSR count). The highest BCUT2D eigenvalue weighted by molar-refractivity contribution is 5.72. The van der Waals surface area contributed by atoms with E-state index in [9.17, 15) is 19.8 Å². The maximum Gasteiger partial charge on any atom is 0.0647 e. The molecule has 0 bridgehead atoms. The molecule has 0 fully saturated rings. The molecule has 0 amide bonds. The van der Waals surface area contributed by atoms with Crippen LogP contribution in [0.3, 0.4) is 0 Å². The van der Waals surface area contributed by atoms with Crippen LogP contribution in [0.4, 0.5) is 0 Å². The minimum Gasteiger partial charge on any atom is -0.550 e. The van der Waals surface area contributed by atoms with Gasteiger partial charge < -0.3 is 30.4 Å². The quantitative estimate of drug-likeness (QED) is 0.483. The lowest BCUT2D eigenvalue weighted by atomic mass is 10.3. The second-order valence-electron chi connectivity index (χ2n) is 2.40. The Morgan fingerprint density at radius 1 is 0.857 bits per heavy atom. The minimum atomic E-state index is -1.37. The molecule has 6 nitrogen and oxygen atoms in total. The van der Waals surface area contributed by atoms with Crippen molar-refractivity contribution in [2.75, 3.05) is 28.2 Å². The van der Waals surface area contributed by atoms with Crippen molar-refractivity contribution < 1.29 is 30.4 Å². The molecular formula is C8H20N2O4. The van der Waals surface area contributed by atoms with E-state index in [-0.39, 0.29) is 0 Å². The zero-order chi connectivity index (χ0) is 12.0. The van der Waals surface area contributed by atoms with Crippen molar-refractivity contribution in [2.24, 2.45) is 0 Å². The first-order valence-electron chi connectivity index (χ1n) is 4.33. The first-order chi connectivity index (χ1) is 6.45. The Hall–Kier alpha value is -1.14. The summed E-state index contributed by atoms with van der Waals surface area (Å²) in [7, 11) is 8.00. The van der Waals surface area contributed by atoms with Gasteiger partial charge in [-0.15, -0.1) is 0 Å². The molecule has 0 unspecified atom stereocenters. The lowest BCUT2D eigenvalue weighted by Gasteiger charge is -2.00. The van der Waals surface area contributed by atoms with Gasteiger partial charge in [-0.1, -0.05) is 0 Å². The van der Waals surface area contributed by atoms with Crippen molar-refractivity contribution in [3.8, 4) is 0 Å². The third-order valence-corrected chi connectivity index (χ3v) is 0.533. The number of carboxylic acid groups (broad SMARTS) is 2. The number of rotatable bonds is 3. The molecule has 4 N–H and O–H groups in total. The van der Waals surface area contributed by atoms with Gasteiger partial charge in [-0.3, -0.25) is 0 Å². The molecule has 0 saturated carbocycles. The zero-order valence-electron chi connectivity index (χ0n) is 9.20. The Bertz CT molecular complexity index is 123. The molecule has 0 radical (unpaired) electrons. The summed E-state index contributed by atoms with van der Waals surface area (Å²) in [5, 5.41) is 23.0. The fraction of sp³-hybridized carbons (Fsp3) is 0.750. The second-order valence-corrected chi connectivity index (χ2v) is 2.40. The Labute approximate surface area is 84.3 Å². The van der Waals surface area contributed by atoms with Gasteiger partial charge in [0.2, 0.25) is 0 Å². The summed E-state index contributed by atoms with van der Waals surface area (Å²) < 4.78 is 0. The molecule has 0 aliphatic carbocycles. The number of hydrogen-bond acceptors (Lipinski definition) is 4. The van der Waals surface area contributed by atoms with Crippen molar-refractivity contribution in [1.82, 2.24) is 0 Å². The number of carbonyl (C=O) groups is 2. The normalized spacial score (nSPS) is 7.43. The van der Waals surface area contributed by atoms with E-state index in [0.29, 0.717) is 0 Å². The zero-order valence-corrected chi connectivity index (χ0v) is 9.20. The molecule has 6 heteroatoms. The molecule has 0 spiro atoms. The van der Waals surface area contributed by atoms with Crippen LogP contribution >= 0.6 is 0 Å². The lowest BCUT2D eigenvalue weighted by molar-refractivity contribution is -0.597. The third-order valence-electron chi connectivity index (χ3n) is 0.533. The van der Waals surface area contributed by atoms with E-state index in [4.69, 9.17) is 0 Å². The van der Waals surface area contributed by atoms with Crippen LogP contribution in [0.2, 0.25) is 0 Å². The van der Waals surface area contributed by atoms with Crippen molar-refractivity contribution in [1.29, 1.82) is 0 Å². The predicted octanol–water partition coefficient (Wildman–Crippen LogP) is -5.11. The van der Waals surface area contributed by atoms with Crippen LogP contribution < -0.4 is 20.8 Å². The van der Waals surface area contributed by atoms with Gasteiger partial charge in [0.1, 0.15) is 0 Å². The Morgan fingerprint density at radius 3 is 1.07 bits per heavy atom. The van der Waals surface area contributed by atoms with Gasteiger partial charge in [0.05, 0.1) is 28.2 Å². The molecule has 0 aromatic carbocycles. The molecule has 0 atom stereocenters. The van der Waals surface area contributed by atoms with Crippen molar-refractivity contribution in [2.45, 2.75) is 12.8 Å². The van der Waals surface area contributed by atoms with Gasteiger partial charge in [0.25, 0.3) is 0 Å². The second kappa shape index (κ2) is 17.8. The molecular weight excluding hydrogens is 188 g/mol. The van der Waals surface area contributed by atoms with E-state index >= 15 is 0 Å². The highest BCUT2D eigenvalue weighted by Gasteiger charge is 1.85. The van der Waals surface area contributed by atoms with Crippen molar-refractivity contribution in [3.63, 3.8) is 0 Å². The van der Waals surface area contributed by atoms with Crippen molar-refractivity contribution >= 4 is 11.9 Å². The summed E-state index contributed by atoms with van der Waals surface area (Å²) in [6, 6.07) is 0. The van der Waals surface area contributed by atoms with Gasteiger partial charge in [0.15, 0.2) is 0 Å². The maximum atomic E-state index is 9.50. The van der Waals surface area contributed by atoms with Crippen LogP contribution in [0.5, 0.6) is 0 Å². The Balaban J connectivity index is -0.000000168. The highest BCUT2D eigenvalue weighted by Crippen LogP contribution is 1.81. The van der Waals surface area contributed by atoms with E-state index < -0.39 is 24.8 Å². The number of carbonyl (C=O) groups excluding carboxylic acids is 2. The molecule has 86 valence electrons.